The number of nitrogens with zero attached hydrogens (tertiary/aromatic N) is 3. The maximum Gasteiger partial charge on any atom is 0.327 e. The molecule has 182 valence electrons. The molecular weight excluding hydrogens is 428 g/mol. The maximum atomic E-state index is 13.6. The first-order valence-electron chi connectivity index (χ1n) is 12.6. The van der Waals surface area contributed by atoms with Gasteiger partial charge in [0.05, 0.1) is 6.61 Å². The number of benzene rings is 1. The van der Waals surface area contributed by atoms with E-state index in [1.54, 1.807) is 0 Å². The molecule has 0 spiro atoms. The molecule has 7 heteroatoms. The van der Waals surface area contributed by atoms with Gasteiger partial charge in [0.15, 0.2) is 0 Å². The van der Waals surface area contributed by atoms with Crippen LogP contribution in [-0.4, -0.2) is 54.5 Å². The molecule has 1 aromatic carbocycles. The number of pyridine rings is 1. The van der Waals surface area contributed by atoms with Gasteiger partial charge in [-0.05, 0) is 56.2 Å². The van der Waals surface area contributed by atoms with Gasteiger partial charge in [0.2, 0.25) is 5.91 Å². The topological polar surface area (TPSA) is 74.8 Å². The third-order valence-corrected chi connectivity index (χ3v) is 6.74. The van der Waals surface area contributed by atoms with E-state index in [1.807, 2.05) is 48.2 Å². The van der Waals surface area contributed by atoms with E-state index >= 15 is 0 Å². The van der Waals surface area contributed by atoms with Crippen molar-refractivity contribution in [2.45, 2.75) is 52.0 Å². The number of anilines is 2. The van der Waals surface area contributed by atoms with E-state index in [4.69, 9.17) is 9.72 Å². The summed E-state index contributed by atoms with van der Waals surface area (Å²) in [4.78, 5) is 35.2. The fraction of sp³-hybridized carbons (Fsp3) is 0.519. The van der Waals surface area contributed by atoms with Gasteiger partial charge >= 0.3 is 5.97 Å². The molecule has 0 bridgehead atoms. The van der Waals surface area contributed by atoms with Crippen LogP contribution in [0.2, 0.25) is 0 Å². The highest BCUT2D eigenvalue weighted by Crippen LogP contribution is 2.31. The first-order valence-corrected chi connectivity index (χ1v) is 12.6. The van der Waals surface area contributed by atoms with Gasteiger partial charge in [-0.1, -0.05) is 43.3 Å². The molecule has 34 heavy (non-hydrogen) atoms. The third-order valence-electron chi connectivity index (χ3n) is 6.74. The van der Waals surface area contributed by atoms with Crippen molar-refractivity contribution in [3.63, 3.8) is 0 Å². The van der Waals surface area contributed by atoms with Crippen LogP contribution in [0.25, 0.3) is 0 Å². The minimum Gasteiger partial charge on any atom is -0.465 e. The Morgan fingerprint density at radius 1 is 1.15 bits per heavy atom. The van der Waals surface area contributed by atoms with Gasteiger partial charge in [0, 0.05) is 32.1 Å². The molecule has 0 saturated carbocycles. The highest BCUT2D eigenvalue weighted by Gasteiger charge is 2.35. The quantitative estimate of drug-likeness (QED) is 0.590. The van der Waals surface area contributed by atoms with E-state index < -0.39 is 6.04 Å². The fourth-order valence-corrected chi connectivity index (χ4v) is 5.01. The van der Waals surface area contributed by atoms with Gasteiger partial charge in [-0.15, -0.1) is 0 Å². The van der Waals surface area contributed by atoms with Crippen LogP contribution in [0.4, 0.5) is 11.6 Å². The summed E-state index contributed by atoms with van der Waals surface area (Å²) in [6.45, 7) is 7.20. The van der Waals surface area contributed by atoms with Crippen LogP contribution in [0.5, 0.6) is 0 Å². The zero-order valence-electron chi connectivity index (χ0n) is 20.3. The number of hydrogen-bond acceptors (Lipinski definition) is 6. The van der Waals surface area contributed by atoms with Crippen LogP contribution in [-0.2, 0) is 20.7 Å². The summed E-state index contributed by atoms with van der Waals surface area (Å²) in [7, 11) is 0. The Kier molecular flexibility index (Phi) is 8.16. The minimum absolute atomic E-state index is 0.0767. The lowest BCUT2D eigenvalue weighted by molar-refractivity contribution is -0.150. The number of fused-ring (bicyclic) bond motifs is 1. The van der Waals surface area contributed by atoms with Crippen LogP contribution in [0.3, 0.4) is 0 Å². The van der Waals surface area contributed by atoms with Gasteiger partial charge in [-0.2, -0.15) is 0 Å². The monoisotopic (exact) mass is 464 g/mol. The summed E-state index contributed by atoms with van der Waals surface area (Å²) in [5.74, 6) is 1.48. The van der Waals surface area contributed by atoms with Gasteiger partial charge < -0.3 is 10.1 Å². The first-order chi connectivity index (χ1) is 16.6. The SMILES string of the molecule is CCCN(C(=O)C1CCN(C(C(=O)OCC)c2ccccc2)CC1)c1ccc2c(n1)NCCC2. The zero-order valence-corrected chi connectivity index (χ0v) is 20.3. The number of nitrogens with one attached hydrogen (secondary N) is 1. The zero-order chi connectivity index (χ0) is 23.9. The smallest absolute Gasteiger partial charge is 0.327 e. The van der Waals surface area contributed by atoms with Gasteiger partial charge in [-0.3, -0.25) is 14.6 Å². The number of piperidine rings is 1. The van der Waals surface area contributed by atoms with Crippen LogP contribution in [0.1, 0.15) is 56.7 Å². The predicted octanol–water partition coefficient (Wildman–Crippen LogP) is 4.20. The number of aromatic nitrogens is 1. The molecule has 2 aliphatic rings. The fourth-order valence-electron chi connectivity index (χ4n) is 5.01. The van der Waals surface area contributed by atoms with Crippen LogP contribution in [0.15, 0.2) is 42.5 Å². The second-order valence-electron chi connectivity index (χ2n) is 9.07. The lowest BCUT2D eigenvalue weighted by Gasteiger charge is -2.37. The molecule has 1 unspecified atom stereocenters. The van der Waals surface area contributed by atoms with Crippen molar-refractivity contribution < 1.29 is 14.3 Å². The average Bonchev–Trinajstić information content (AvgIpc) is 2.88. The molecule has 4 rings (SSSR count). The highest BCUT2D eigenvalue weighted by molar-refractivity contribution is 5.94. The Morgan fingerprint density at radius 3 is 2.62 bits per heavy atom. The van der Waals surface area contributed by atoms with Crippen molar-refractivity contribution >= 4 is 23.5 Å². The lowest BCUT2D eigenvalue weighted by Crippen LogP contribution is -2.46. The van der Waals surface area contributed by atoms with Crippen LogP contribution in [0, 0.1) is 5.92 Å². The van der Waals surface area contributed by atoms with Crippen molar-refractivity contribution in [1.29, 1.82) is 0 Å². The van der Waals surface area contributed by atoms with Crippen molar-refractivity contribution in [2.24, 2.45) is 5.92 Å². The third kappa shape index (κ3) is 5.41. The van der Waals surface area contributed by atoms with E-state index in [9.17, 15) is 9.59 Å². The van der Waals surface area contributed by atoms with Crippen molar-refractivity contribution in [3.05, 3.63) is 53.6 Å². The summed E-state index contributed by atoms with van der Waals surface area (Å²) in [6, 6.07) is 13.4. The Balaban J connectivity index is 1.46. The first kappa shape index (κ1) is 24.2. The molecule has 2 aromatic rings. The number of rotatable bonds is 8. The van der Waals surface area contributed by atoms with Crippen molar-refractivity contribution in [3.8, 4) is 0 Å². The lowest BCUT2D eigenvalue weighted by atomic mass is 9.92. The summed E-state index contributed by atoms with van der Waals surface area (Å²) in [5, 5.41) is 3.37. The van der Waals surface area contributed by atoms with Crippen LogP contribution >= 0.6 is 0 Å². The summed E-state index contributed by atoms with van der Waals surface area (Å²) in [5.41, 5.74) is 2.15. The molecule has 2 aliphatic heterocycles. The average molecular weight is 465 g/mol. The number of amides is 1. The van der Waals surface area contributed by atoms with Crippen LogP contribution < -0.4 is 10.2 Å². The number of aryl methyl sites for hydroxylation is 1. The highest BCUT2D eigenvalue weighted by atomic mass is 16.5. The minimum atomic E-state index is -0.433. The Labute approximate surface area is 202 Å². The van der Waals surface area contributed by atoms with E-state index in [2.05, 4.69) is 23.2 Å². The second-order valence-corrected chi connectivity index (χ2v) is 9.07. The number of carbonyl (C=O) groups is 2. The number of likely N-dealkylation sites (tertiary alicyclic amines) is 1. The Hall–Kier alpha value is -2.93. The van der Waals surface area contributed by atoms with E-state index in [1.165, 1.54) is 5.56 Å². The summed E-state index contributed by atoms with van der Waals surface area (Å²) < 4.78 is 5.39. The standard InChI is InChI=1S/C27H36N4O3/c1-3-17-31(23-13-12-21-11-8-16-28-25(21)29-23)26(32)22-14-18-30(19-15-22)24(27(33)34-4-2)20-9-6-5-7-10-20/h5-7,9-10,12-13,22,24H,3-4,8,11,14-19H2,1-2H3,(H,28,29). The normalized spacial score (nSPS) is 17.4. The molecule has 1 atom stereocenters. The van der Waals surface area contributed by atoms with E-state index in [-0.39, 0.29) is 17.8 Å². The number of esters is 1. The molecule has 3 heterocycles. The number of ether oxygens (including phenoxy) is 1. The van der Waals surface area contributed by atoms with Gasteiger partial charge in [0.25, 0.3) is 0 Å². The maximum absolute atomic E-state index is 13.6. The molecule has 1 saturated heterocycles. The van der Waals surface area contributed by atoms with Gasteiger partial charge in [-0.25, -0.2) is 9.78 Å². The summed E-state index contributed by atoms with van der Waals surface area (Å²) in [6.07, 6.45) is 4.44. The molecule has 0 aliphatic carbocycles. The molecule has 1 amide bonds. The molecule has 1 aromatic heterocycles. The van der Waals surface area contributed by atoms with Gasteiger partial charge in [0.1, 0.15) is 17.7 Å². The van der Waals surface area contributed by atoms with Crippen molar-refractivity contribution in [2.75, 3.05) is 43.0 Å². The Morgan fingerprint density at radius 2 is 1.91 bits per heavy atom. The number of hydrogen-bond donors (Lipinski definition) is 1. The predicted molar refractivity (Wildman–Crippen MR) is 134 cm³/mol. The van der Waals surface area contributed by atoms with E-state index in [0.717, 1.165) is 43.0 Å². The van der Waals surface area contributed by atoms with E-state index in [0.29, 0.717) is 39.1 Å². The second kappa shape index (κ2) is 11.5. The molecule has 0 radical (unpaired) electrons. The molecule has 1 fully saturated rings. The van der Waals surface area contributed by atoms with Crippen molar-refractivity contribution in [1.82, 2.24) is 9.88 Å². The molecular formula is C27H36N4O3. The number of carbonyl (C=O) groups excluding carboxylic acids is 2. The summed E-state index contributed by atoms with van der Waals surface area (Å²) >= 11 is 0. The molecule has 1 N–H and O–H groups in total. The Bertz CT molecular complexity index is 973. The largest absolute Gasteiger partial charge is 0.465 e. The molecule has 7 nitrogen and oxygen atoms in total.